The van der Waals surface area contributed by atoms with Crippen LogP contribution in [-0.4, -0.2) is 20.0 Å². The quantitative estimate of drug-likeness (QED) is 0.682. The Hall–Kier alpha value is -3.27. The summed E-state index contributed by atoms with van der Waals surface area (Å²) in [5.41, 5.74) is 2.44. The van der Waals surface area contributed by atoms with Crippen molar-refractivity contribution in [1.82, 2.24) is 0 Å². The predicted molar refractivity (Wildman–Crippen MR) is 108 cm³/mol. The molecular formula is C23H22N2O2. The van der Waals surface area contributed by atoms with Gasteiger partial charge in [0.05, 0.1) is 5.56 Å². The molecule has 0 fully saturated rings. The first kappa shape index (κ1) is 17.2. The van der Waals surface area contributed by atoms with Crippen LogP contribution >= 0.6 is 0 Å². The van der Waals surface area contributed by atoms with Crippen LogP contribution in [0, 0.1) is 0 Å². The van der Waals surface area contributed by atoms with Crippen molar-refractivity contribution in [2.45, 2.75) is 12.6 Å². The van der Waals surface area contributed by atoms with Crippen molar-refractivity contribution < 1.29 is 9.53 Å². The molecule has 136 valence electrons. The smallest absolute Gasteiger partial charge is 0.265 e. The van der Waals surface area contributed by atoms with E-state index in [0.717, 1.165) is 16.9 Å². The third kappa shape index (κ3) is 2.83. The van der Waals surface area contributed by atoms with Crippen LogP contribution in [-0.2, 0) is 5.72 Å². The normalized spacial score (nSPS) is 18.6. The average Bonchev–Trinajstić information content (AvgIpc) is 2.69. The minimum absolute atomic E-state index is 0.0674. The summed E-state index contributed by atoms with van der Waals surface area (Å²) in [6.07, 6.45) is 0. The monoisotopic (exact) mass is 358 g/mol. The first-order valence-electron chi connectivity index (χ1n) is 8.96. The third-order valence-electron chi connectivity index (χ3n) is 4.99. The minimum atomic E-state index is -0.947. The lowest BCUT2D eigenvalue weighted by Crippen LogP contribution is -2.55. The highest BCUT2D eigenvalue weighted by molar-refractivity contribution is 6.09. The summed E-state index contributed by atoms with van der Waals surface area (Å²) >= 11 is 0. The lowest BCUT2D eigenvalue weighted by molar-refractivity contribution is 0.0522. The van der Waals surface area contributed by atoms with E-state index in [0.29, 0.717) is 11.3 Å². The molecule has 0 aliphatic carbocycles. The number of rotatable bonds is 3. The molecule has 0 saturated carbocycles. The van der Waals surface area contributed by atoms with Gasteiger partial charge in [-0.25, -0.2) is 0 Å². The number of benzene rings is 3. The number of carbonyl (C=O) groups excluding carboxylic acids is 1. The van der Waals surface area contributed by atoms with Crippen LogP contribution in [0.3, 0.4) is 0 Å². The van der Waals surface area contributed by atoms with Crippen molar-refractivity contribution in [1.29, 1.82) is 0 Å². The van der Waals surface area contributed by atoms with Crippen LogP contribution in [0.15, 0.2) is 78.9 Å². The highest BCUT2D eigenvalue weighted by atomic mass is 16.5. The highest BCUT2D eigenvalue weighted by Crippen LogP contribution is 2.42. The standard InChI is InChI=1S/C23H22N2O2/c1-23(17-13-15-18(16-14-17)24(2)3)25(19-9-5-4-6-10-19)22(26)20-11-7-8-12-21(20)27-23/h4-16H,1-3H3/t23-/m0/s1. The zero-order valence-corrected chi connectivity index (χ0v) is 15.7. The van der Waals surface area contributed by atoms with Gasteiger partial charge in [0.1, 0.15) is 5.75 Å². The second-order valence-electron chi connectivity index (χ2n) is 7.00. The van der Waals surface area contributed by atoms with Gasteiger partial charge in [-0.3, -0.25) is 9.69 Å². The molecule has 0 unspecified atom stereocenters. The highest BCUT2D eigenvalue weighted by Gasteiger charge is 2.45. The van der Waals surface area contributed by atoms with E-state index in [4.69, 9.17) is 4.74 Å². The van der Waals surface area contributed by atoms with Gasteiger partial charge in [0.25, 0.3) is 5.91 Å². The molecule has 1 heterocycles. The summed E-state index contributed by atoms with van der Waals surface area (Å²) in [5.74, 6) is 0.538. The lowest BCUT2D eigenvalue weighted by Gasteiger charge is -2.45. The van der Waals surface area contributed by atoms with Crippen molar-refractivity contribution in [2.24, 2.45) is 0 Å². The number of ether oxygens (including phenoxy) is 1. The second-order valence-corrected chi connectivity index (χ2v) is 7.00. The van der Waals surface area contributed by atoms with E-state index in [1.807, 2.05) is 105 Å². The van der Waals surface area contributed by atoms with Crippen LogP contribution in [0.1, 0.15) is 22.8 Å². The Morgan fingerprint density at radius 2 is 1.48 bits per heavy atom. The summed E-state index contributed by atoms with van der Waals surface area (Å²) in [4.78, 5) is 17.2. The molecule has 1 aliphatic heterocycles. The third-order valence-corrected chi connectivity index (χ3v) is 4.99. The molecular weight excluding hydrogens is 336 g/mol. The number of anilines is 2. The zero-order valence-electron chi connectivity index (χ0n) is 15.7. The van der Waals surface area contributed by atoms with Gasteiger partial charge in [0, 0.05) is 38.0 Å². The molecule has 0 N–H and O–H groups in total. The van der Waals surface area contributed by atoms with Crippen LogP contribution < -0.4 is 14.5 Å². The van der Waals surface area contributed by atoms with Gasteiger partial charge in [-0.1, -0.05) is 42.5 Å². The molecule has 4 rings (SSSR count). The molecule has 0 spiro atoms. The summed E-state index contributed by atoms with van der Waals surface area (Å²) in [5, 5.41) is 0. The maximum atomic E-state index is 13.4. The molecule has 0 aromatic heterocycles. The maximum Gasteiger partial charge on any atom is 0.265 e. The summed E-state index contributed by atoms with van der Waals surface area (Å²) in [6.45, 7) is 1.94. The van der Waals surface area contributed by atoms with Crippen molar-refractivity contribution in [3.05, 3.63) is 90.0 Å². The first-order chi connectivity index (χ1) is 13.0. The number of carbonyl (C=O) groups is 1. The Bertz CT molecular complexity index is 967. The van der Waals surface area contributed by atoms with Gasteiger partial charge in [-0.2, -0.15) is 0 Å². The van der Waals surface area contributed by atoms with Crippen LogP contribution in [0.4, 0.5) is 11.4 Å². The van der Waals surface area contributed by atoms with Gasteiger partial charge in [0.2, 0.25) is 5.72 Å². The molecule has 0 radical (unpaired) electrons. The van der Waals surface area contributed by atoms with Crippen molar-refractivity contribution in [3.63, 3.8) is 0 Å². The Labute approximate surface area is 159 Å². The summed E-state index contributed by atoms with van der Waals surface area (Å²) < 4.78 is 6.43. The van der Waals surface area contributed by atoms with Gasteiger partial charge in [-0.05, 0) is 36.4 Å². The van der Waals surface area contributed by atoms with E-state index in [-0.39, 0.29) is 5.91 Å². The van der Waals surface area contributed by atoms with Crippen molar-refractivity contribution >= 4 is 17.3 Å². The number of fused-ring (bicyclic) bond motifs is 1. The molecule has 0 saturated heterocycles. The molecule has 1 aliphatic rings. The molecule has 3 aromatic carbocycles. The number of para-hydroxylation sites is 2. The van der Waals surface area contributed by atoms with Gasteiger partial charge in [-0.15, -0.1) is 0 Å². The fourth-order valence-corrected chi connectivity index (χ4v) is 3.50. The Kier molecular flexibility index (Phi) is 4.11. The minimum Gasteiger partial charge on any atom is -0.463 e. The van der Waals surface area contributed by atoms with Crippen LogP contribution in [0.5, 0.6) is 5.75 Å². The van der Waals surface area contributed by atoms with E-state index in [9.17, 15) is 4.79 Å². The molecule has 4 heteroatoms. The topological polar surface area (TPSA) is 32.8 Å². The summed E-state index contributed by atoms with van der Waals surface area (Å²) in [6, 6.07) is 25.2. The molecule has 27 heavy (non-hydrogen) atoms. The van der Waals surface area contributed by atoms with Crippen molar-refractivity contribution in [3.8, 4) is 5.75 Å². The van der Waals surface area contributed by atoms with Crippen molar-refractivity contribution in [2.75, 3.05) is 23.9 Å². The van der Waals surface area contributed by atoms with E-state index in [1.54, 1.807) is 4.90 Å². The van der Waals surface area contributed by atoms with E-state index < -0.39 is 5.72 Å². The molecule has 0 bridgehead atoms. The maximum absolute atomic E-state index is 13.4. The van der Waals surface area contributed by atoms with Crippen LogP contribution in [0.2, 0.25) is 0 Å². The Balaban J connectivity index is 1.88. The van der Waals surface area contributed by atoms with Crippen LogP contribution in [0.25, 0.3) is 0 Å². The molecule has 1 atom stereocenters. The summed E-state index contributed by atoms with van der Waals surface area (Å²) in [7, 11) is 4.01. The lowest BCUT2D eigenvalue weighted by atomic mass is 9.97. The zero-order chi connectivity index (χ0) is 19.0. The SMILES string of the molecule is CN(C)c1ccc([C@]2(C)Oc3ccccc3C(=O)N2c2ccccc2)cc1. The Morgan fingerprint density at radius 1 is 0.852 bits per heavy atom. The van der Waals surface area contributed by atoms with Gasteiger partial charge >= 0.3 is 0 Å². The molecule has 1 amide bonds. The molecule has 4 nitrogen and oxygen atoms in total. The fraction of sp³-hybridized carbons (Fsp3) is 0.174. The second kappa shape index (κ2) is 6.47. The van der Waals surface area contributed by atoms with Gasteiger partial charge in [0.15, 0.2) is 0 Å². The average molecular weight is 358 g/mol. The largest absolute Gasteiger partial charge is 0.463 e. The first-order valence-corrected chi connectivity index (χ1v) is 8.96. The molecule has 3 aromatic rings. The fourth-order valence-electron chi connectivity index (χ4n) is 3.50. The predicted octanol–water partition coefficient (Wildman–Crippen LogP) is 4.66. The number of amides is 1. The van der Waals surface area contributed by atoms with E-state index in [2.05, 4.69) is 0 Å². The van der Waals surface area contributed by atoms with E-state index in [1.165, 1.54) is 0 Å². The Morgan fingerprint density at radius 3 is 2.15 bits per heavy atom. The number of hydrogen-bond donors (Lipinski definition) is 0. The number of nitrogens with zero attached hydrogens (tertiary/aromatic N) is 2. The van der Waals surface area contributed by atoms with E-state index >= 15 is 0 Å². The number of hydrogen-bond acceptors (Lipinski definition) is 3. The van der Waals surface area contributed by atoms with Gasteiger partial charge < -0.3 is 9.64 Å².